The van der Waals surface area contributed by atoms with E-state index >= 15 is 0 Å². The second-order valence-corrected chi connectivity index (χ2v) is 7.59. The fraction of sp³-hybridized carbons (Fsp3) is 0.192. The van der Waals surface area contributed by atoms with Crippen molar-refractivity contribution in [1.82, 2.24) is 14.9 Å². The molecular weight excluding hydrogens is 448 g/mol. The molecule has 2 N–H and O–H groups in total. The number of hydrogen-bond donors (Lipinski definition) is 2. The first kappa shape index (κ1) is 23.8. The molecule has 0 atom stereocenters. The molecule has 4 aromatic rings. The zero-order chi connectivity index (χ0) is 24.6. The number of carboxylic acid groups (broad SMARTS) is 1. The monoisotopic (exact) mass is 474 g/mol. The van der Waals surface area contributed by atoms with Gasteiger partial charge in [-0.3, -0.25) is 4.57 Å². The molecule has 0 fully saturated rings. The van der Waals surface area contributed by atoms with Crippen LogP contribution in [0.2, 0.25) is 0 Å². The molecule has 0 saturated carbocycles. The van der Waals surface area contributed by atoms with Crippen LogP contribution >= 0.6 is 0 Å². The van der Waals surface area contributed by atoms with Gasteiger partial charge in [-0.15, -0.1) is 0 Å². The van der Waals surface area contributed by atoms with Crippen molar-refractivity contribution in [3.8, 4) is 11.5 Å². The van der Waals surface area contributed by atoms with E-state index in [0.717, 1.165) is 22.2 Å². The fourth-order valence-corrected chi connectivity index (χ4v) is 3.60. The van der Waals surface area contributed by atoms with E-state index in [2.05, 4.69) is 10.3 Å². The molecule has 35 heavy (non-hydrogen) atoms. The van der Waals surface area contributed by atoms with Crippen molar-refractivity contribution in [3.05, 3.63) is 79.1 Å². The quantitative estimate of drug-likeness (QED) is 0.305. The van der Waals surface area contributed by atoms with E-state index in [-0.39, 0.29) is 11.8 Å². The zero-order valence-corrected chi connectivity index (χ0v) is 19.3. The van der Waals surface area contributed by atoms with Crippen LogP contribution in [0.3, 0.4) is 0 Å². The van der Waals surface area contributed by atoms with Gasteiger partial charge in [-0.05, 0) is 55.8 Å². The van der Waals surface area contributed by atoms with Gasteiger partial charge in [0.15, 0.2) is 0 Å². The zero-order valence-electron chi connectivity index (χ0n) is 19.3. The van der Waals surface area contributed by atoms with Gasteiger partial charge in [-0.25, -0.2) is 19.5 Å². The van der Waals surface area contributed by atoms with E-state index in [1.165, 1.54) is 6.20 Å². The average molecular weight is 475 g/mol. The molecule has 0 unspecified atom stereocenters. The highest BCUT2D eigenvalue weighted by molar-refractivity contribution is 5.94. The number of anilines is 2. The summed E-state index contributed by atoms with van der Waals surface area (Å²) in [7, 11) is 0. The predicted molar refractivity (Wildman–Crippen MR) is 133 cm³/mol. The lowest BCUT2D eigenvalue weighted by Crippen LogP contribution is -2.29. The van der Waals surface area contributed by atoms with Gasteiger partial charge < -0.3 is 19.9 Å². The topological polar surface area (TPSA) is 106 Å². The molecule has 2 aromatic heterocycles. The van der Waals surface area contributed by atoms with Crippen molar-refractivity contribution in [2.75, 3.05) is 24.7 Å². The Balaban J connectivity index is 1.48. The highest BCUT2D eigenvalue weighted by Gasteiger charge is 2.19. The Kier molecular flexibility index (Phi) is 7.59. The number of carbonyl (C=O) groups is 2. The summed E-state index contributed by atoms with van der Waals surface area (Å²) >= 11 is 0. The van der Waals surface area contributed by atoms with Crippen LogP contribution in [-0.4, -0.2) is 46.5 Å². The second-order valence-electron chi connectivity index (χ2n) is 7.59. The Morgan fingerprint density at radius 2 is 1.86 bits per heavy atom. The van der Waals surface area contributed by atoms with Crippen LogP contribution in [0.4, 0.5) is 21.1 Å². The minimum Gasteiger partial charge on any atom is -0.464 e. The van der Waals surface area contributed by atoms with Gasteiger partial charge in [-0.1, -0.05) is 18.2 Å². The Labute approximate surface area is 202 Å². The third-order valence-corrected chi connectivity index (χ3v) is 5.21. The van der Waals surface area contributed by atoms with Crippen LogP contribution in [-0.2, 0) is 4.74 Å². The number of ether oxygens (including phenoxy) is 2. The normalized spacial score (nSPS) is 10.8. The van der Waals surface area contributed by atoms with E-state index in [0.29, 0.717) is 36.9 Å². The summed E-state index contributed by atoms with van der Waals surface area (Å²) in [5.74, 6) is 1.20. The lowest BCUT2D eigenvalue weighted by atomic mass is 10.2. The van der Waals surface area contributed by atoms with Gasteiger partial charge in [-0.2, -0.15) is 0 Å². The second kappa shape index (κ2) is 11.2. The Hall–Kier alpha value is -4.37. The predicted octanol–water partition coefficient (Wildman–Crippen LogP) is 5.63. The molecule has 9 nitrogen and oxygen atoms in total. The minimum absolute atomic E-state index is 0.210. The molecule has 180 valence electrons. The molecule has 4 rings (SSSR count). The summed E-state index contributed by atoms with van der Waals surface area (Å²) in [5.41, 5.74) is 1.22. The maximum Gasteiger partial charge on any atom is 0.417 e. The van der Waals surface area contributed by atoms with E-state index in [1.54, 1.807) is 59.3 Å². The van der Waals surface area contributed by atoms with E-state index in [1.807, 2.05) is 25.1 Å². The van der Waals surface area contributed by atoms with Crippen LogP contribution < -0.4 is 15.0 Å². The van der Waals surface area contributed by atoms with Crippen molar-refractivity contribution < 1.29 is 24.2 Å². The smallest absolute Gasteiger partial charge is 0.417 e. The minimum atomic E-state index is -1.15. The molecule has 9 heteroatoms. The number of para-hydroxylation sites is 1. The third-order valence-electron chi connectivity index (χ3n) is 5.21. The molecule has 2 amide bonds. The molecule has 0 saturated heterocycles. The number of fused-ring (bicyclic) bond motifs is 1. The fourth-order valence-electron chi connectivity index (χ4n) is 3.60. The Bertz CT molecular complexity index is 1310. The number of rotatable bonds is 9. The summed E-state index contributed by atoms with van der Waals surface area (Å²) in [4.78, 5) is 29.7. The number of aromatic nitrogens is 2. The van der Waals surface area contributed by atoms with Crippen LogP contribution in [0.25, 0.3) is 10.9 Å². The SMILES string of the molecule is CCOCCCNC(=O)n1ccc2cc(Oc3ccnc(N(C(=O)O)c4ccccc4)c3)ccc21. The van der Waals surface area contributed by atoms with Gasteiger partial charge >= 0.3 is 12.1 Å². The number of amides is 2. The summed E-state index contributed by atoms with van der Waals surface area (Å²) in [5, 5.41) is 13.4. The molecule has 0 aliphatic rings. The lowest BCUT2D eigenvalue weighted by Gasteiger charge is -2.18. The first-order chi connectivity index (χ1) is 17.1. The Morgan fingerprint density at radius 3 is 2.63 bits per heavy atom. The van der Waals surface area contributed by atoms with E-state index < -0.39 is 6.09 Å². The summed E-state index contributed by atoms with van der Waals surface area (Å²) in [6, 6.07) is 18.9. The molecule has 0 radical (unpaired) electrons. The molecule has 0 aliphatic carbocycles. The maximum atomic E-state index is 12.5. The number of benzene rings is 2. The van der Waals surface area contributed by atoms with Gasteiger partial charge in [0.25, 0.3) is 0 Å². The van der Waals surface area contributed by atoms with Crippen LogP contribution in [0, 0.1) is 0 Å². The van der Waals surface area contributed by atoms with Gasteiger partial charge in [0.05, 0.1) is 11.2 Å². The average Bonchev–Trinajstić information content (AvgIpc) is 3.28. The number of nitrogens with zero attached hydrogens (tertiary/aromatic N) is 3. The first-order valence-corrected chi connectivity index (χ1v) is 11.3. The molecule has 0 bridgehead atoms. The summed E-state index contributed by atoms with van der Waals surface area (Å²) < 4.78 is 12.8. The maximum absolute atomic E-state index is 12.5. The van der Waals surface area contributed by atoms with Crippen molar-refractivity contribution in [1.29, 1.82) is 0 Å². The highest BCUT2D eigenvalue weighted by atomic mass is 16.5. The molecule has 0 aliphatic heterocycles. The third kappa shape index (κ3) is 5.77. The number of pyridine rings is 1. The summed E-state index contributed by atoms with van der Waals surface area (Å²) in [6.45, 7) is 3.73. The standard InChI is InChI=1S/C26H26N4O5/c1-2-34-16-6-13-28-25(31)29-15-12-19-17-21(9-10-23(19)29)35-22-11-14-27-24(18-22)30(26(32)33)20-7-4-3-5-8-20/h3-5,7-12,14-15,17-18H,2,6,13,16H2,1H3,(H,28,31)(H,32,33). The van der Waals surface area contributed by atoms with Crippen molar-refractivity contribution in [3.63, 3.8) is 0 Å². The molecule has 0 spiro atoms. The number of carbonyl (C=O) groups excluding carboxylic acids is 1. The van der Waals surface area contributed by atoms with Crippen LogP contribution in [0.5, 0.6) is 11.5 Å². The first-order valence-electron chi connectivity index (χ1n) is 11.3. The molecule has 2 heterocycles. The highest BCUT2D eigenvalue weighted by Crippen LogP contribution is 2.30. The number of hydrogen-bond acceptors (Lipinski definition) is 5. The van der Waals surface area contributed by atoms with Gasteiger partial charge in [0.2, 0.25) is 0 Å². The molecule has 2 aromatic carbocycles. The van der Waals surface area contributed by atoms with Gasteiger partial charge in [0, 0.05) is 43.6 Å². The number of nitrogens with one attached hydrogen (secondary N) is 1. The van der Waals surface area contributed by atoms with E-state index in [9.17, 15) is 14.7 Å². The van der Waals surface area contributed by atoms with Crippen molar-refractivity contribution >= 4 is 34.5 Å². The van der Waals surface area contributed by atoms with Crippen molar-refractivity contribution in [2.45, 2.75) is 13.3 Å². The van der Waals surface area contributed by atoms with Crippen LogP contribution in [0.1, 0.15) is 13.3 Å². The van der Waals surface area contributed by atoms with E-state index in [4.69, 9.17) is 9.47 Å². The summed E-state index contributed by atoms with van der Waals surface area (Å²) in [6.07, 6.45) is 2.80. The largest absolute Gasteiger partial charge is 0.464 e. The molecular formula is C26H26N4O5. The van der Waals surface area contributed by atoms with Crippen molar-refractivity contribution in [2.24, 2.45) is 0 Å². The lowest BCUT2D eigenvalue weighted by molar-refractivity contribution is 0.145. The van der Waals surface area contributed by atoms with Crippen LogP contribution in [0.15, 0.2) is 79.1 Å². The Morgan fingerprint density at radius 1 is 1.06 bits per heavy atom. The van der Waals surface area contributed by atoms with Gasteiger partial charge in [0.1, 0.15) is 17.3 Å².